The van der Waals surface area contributed by atoms with Crippen molar-refractivity contribution in [3.05, 3.63) is 46.4 Å². The molecule has 0 radical (unpaired) electrons. The van der Waals surface area contributed by atoms with Crippen molar-refractivity contribution in [3.8, 4) is 0 Å². The van der Waals surface area contributed by atoms with Crippen LogP contribution in [0.4, 0.5) is 10.2 Å². The van der Waals surface area contributed by atoms with Crippen LogP contribution in [0.1, 0.15) is 16.4 Å². The molecule has 1 aromatic heterocycles. The van der Waals surface area contributed by atoms with Crippen LogP contribution in [0.15, 0.2) is 24.4 Å². The van der Waals surface area contributed by atoms with Gasteiger partial charge in [0.1, 0.15) is 11.6 Å². The van der Waals surface area contributed by atoms with Crippen molar-refractivity contribution in [2.45, 2.75) is 5.25 Å². The van der Waals surface area contributed by atoms with E-state index in [4.69, 9.17) is 11.6 Å². The van der Waals surface area contributed by atoms with E-state index < -0.39 is 0 Å². The van der Waals surface area contributed by atoms with Gasteiger partial charge in [-0.2, -0.15) is 5.10 Å². The molecule has 2 heterocycles. The molecule has 1 amide bonds. The van der Waals surface area contributed by atoms with Gasteiger partial charge in [0.15, 0.2) is 0 Å². The lowest BCUT2D eigenvalue weighted by molar-refractivity contribution is -0.113. The van der Waals surface area contributed by atoms with Crippen LogP contribution in [0.3, 0.4) is 0 Å². The number of fused-ring (bicyclic) bond motifs is 1. The number of hydrogen-bond acceptors (Lipinski definition) is 3. The molecule has 4 nitrogen and oxygen atoms in total. The fraction of sp³-hybridized carbons (Fsp3) is 0.231. The quantitative estimate of drug-likeness (QED) is 0.880. The van der Waals surface area contributed by atoms with Crippen molar-refractivity contribution >= 4 is 35.1 Å². The molecule has 0 saturated heterocycles. The molecule has 1 atom stereocenters. The molecule has 0 saturated carbocycles. The normalized spacial score (nSPS) is 18.4. The number of aryl methyl sites for hydroxylation is 1. The van der Waals surface area contributed by atoms with Crippen molar-refractivity contribution in [2.24, 2.45) is 7.05 Å². The van der Waals surface area contributed by atoms with Gasteiger partial charge >= 0.3 is 0 Å². The van der Waals surface area contributed by atoms with E-state index in [-0.39, 0.29) is 22.7 Å². The largest absolute Gasteiger partial charge is 0.310 e. The first-order valence-electron chi connectivity index (χ1n) is 5.94. The number of benzene rings is 1. The number of aromatic nitrogens is 2. The monoisotopic (exact) mass is 311 g/mol. The fourth-order valence-corrected chi connectivity index (χ4v) is 3.46. The standard InChI is InChI=1S/C13H11ClFN3OS/c1-18-13-9(5-16-18)12(20-6-11(19)17-13)8-3-2-7(14)4-10(8)15/h2-5,12H,6H2,1H3,(H,17,19)/t12-/m0/s1. The summed E-state index contributed by atoms with van der Waals surface area (Å²) < 4.78 is 15.7. The van der Waals surface area contributed by atoms with Crippen molar-refractivity contribution in [3.63, 3.8) is 0 Å². The number of hydrogen-bond donors (Lipinski definition) is 1. The Balaban J connectivity index is 2.11. The number of thioether (sulfide) groups is 1. The summed E-state index contributed by atoms with van der Waals surface area (Å²) in [7, 11) is 1.74. The highest BCUT2D eigenvalue weighted by Crippen LogP contribution is 2.42. The molecule has 0 unspecified atom stereocenters. The molecule has 1 aromatic carbocycles. The van der Waals surface area contributed by atoms with E-state index in [0.29, 0.717) is 16.4 Å². The average molecular weight is 312 g/mol. The van der Waals surface area contributed by atoms with Gasteiger partial charge in [-0.3, -0.25) is 9.48 Å². The molecule has 7 heteroatoms. The van der Waals surface area contributed by atoms with Gasteiger partial charge in [-0.25, -0.2) is 4.39 Å². The SMILES string of the molecule is Cn1ncc2c1NC(=O)CS[C@H]2c1ccc(Cl)cc1F. The predicted octanol–water partition coefficient (Wildman–Crippen LogP) is 2.99. The van der Waals surface area contributed by atoms with Gasteiger partial charge in [-0.1, -0.05) is 17.7 Å². The number of nitrogens with zero attached hydrogens (tertiary/aromatic N) is 2. The number of halogens is 2. The molecular weight excluding hydrogens is 301 g/mol. The third-order valence-electron chi connectivity index (χ3n) is 3.13. The maximum Gasteiger partial charge on any atom is 0.235 e. The zero-order chi connectivity index (χ0) is 14.3. The summed E-state index contributed by atoms with van der Waals surface area (Å²) in [5.74, 6) is 0.386. The molecule has 20 heavy (non-hydrogen) atoms. The highest BCUT2D eigenvalue weighted by molar-refractivity contribution is 8.00. The van der Waals surface area contributed by atoms with Crippen molar-refractivity contribution in [1.82, 2.24) is 9.78 Å². The minimum atomic E-state index is -0.376. The van der Waals surface area contributed by atoms with E-state index >= 15 is 0 Å². The summed E-state index contributed by atoms with van der Waals surface area (Å²) in [5, 5.41) is 7.00. The van der Waals surface area contributed by atoms with Gasteiger partial charge in [0.25, 0.3) is 0 Å². The minimum absolute atomic E-state index is 0.114. The first-order valence-corrected chi connectivity index (χ1v) is 7.37. The Bertz CT molecular complexity index is 688. The van der Waals surface area contributed by atoms with Crippen molar-refractivity contribution in [1.29, 1.82) is 0 Å². The summed E-state index contributed by atoms with van der Waals surface area (Å²) in [6, 6.07) is 4.59. The van der Waals surface area contributed by atoms with Crippen LogP contribution >= 0.6 is 23.4 Å². The van der Waals surface area contributed by atoms with Crippen LogP contribution in [-0.4, -0.2) is 21.4 Å². The lowest BCUT2D eigenvalue weighted by atomic mass is 10.1. The third-order valence-corrected chi connectivity index (χ3v) is 4.64. The van der Waals surface area contributed by atoms with E-state index in [1.807, 2.05) is 0 Å². The Morgan fingerprint density at radius 1 is 1.50 bits per heavy atom. The van der Waals surface area contributed by atoms with Crippen LogP contribution in [-0.2, 0) is 11.8 Å². The molecule has 3 rings (SSSR count). The topological polar surface area (TPSA) is 46.9 Å². The fourth-order valence-electron chi connectivity index (χ4n) is 2.19. The Morgan fingerprint density at radius 2 is 2.30 bits per heavy atom. The van der Waals surface area contributed by atoms with E-state index in [2.05, 4.69) is 10.4 Å². The molecule has 1 N–H and O–H groups in total. The molecule has 0 fully saturated rings. The van der Waals surface area contributed by atoms with Crippen LogP contribution in [0.5, 0.6) is 0 Å². The van der Waals surface area contributed by atoms with Crippen molar-refractivity contribution < 1.29 is 9.18 Å². The molecule has 0 aliphatic carbocycles. The van der Waals surface area contributed by atoms with Crippen molar-refractivity contribution in [2.75, 3.05) is 11.1 Å². The lowest BCUT2D eigenvalue weighted by Crippen LogP contribution is -2.15. The van der Waals surface area contributed by atoms with Gasteiger partial charge < -0.3 is 5.32 Å². The minimum Gasteiger partial charge on any atom is -0.310 e. The second kappa shape index (κ2) is 5.10. The maximum absolute atomic E-state index is 14.1. The van der Waals surface area contributed by atoms with Gasteiger partial charge in [-0.05, 0) is 12.1 Å². The number of anilines is 1. The summed E-state index contributed by atoms with van der Waals surface area (Å²) in [6.07, 6.45) is 1.66. The van der Waals surface area contributed by atoms with Gasteiger partial charge in [0.2, 0.25) is 5.91 Å². The predicted molar refractivity (Wildman–Crippen MR) is 77.5 cm³/mol. The van der Waals surface area contributed by atoms with Crippen LogP contribution < -0.4 is 5.32 Å². The molecular formula is C13H11ClFN3OS. The third kappa shape index (κ3) is 2.29. The first-order chi connectivity index (χ1) is 9.56. The van der Waals surface area contributed by atoms with E-state index in [9.17, 15) is 9.18 Å². The molecule has 1 aliphatic heterocycles. The van der Waals surface area contributed by atoms with Crippen LogP contribution in [0, 0.1) is 5.82 Å². The Labute approximate surface area is 124 Å². The zero-order valence-corrected chi connectivity index (χ0v) is 12.1. The van der Waals surface area contributed by atoms with Gasteiger partial charge in [0, 0.05) is 23.2 Å². The lowest BCUT2D eigenvalue weighted by Gasteiger charge is -2.15. The van der Waals surface area contributed by atoms with Gasteiger partial charge in [0.05, 0.1) is 17.2 Å². The summed E-state index contributed by atoms with van der Waals surface area (Å²) in [5.41, 5.74) is 1.30. The number of carbonyl (C=O) groups is 1. The molecule has 1 aliphatic rings. The van der Waals surface area contributed by atoms with E-state index in [0.717, 1.165) is 5.56 Å². The summed E-state index contributed by atoms with van der Waals surface area (Å²) >= 11 is 7.16. The second-order valence-corrected chi connectivity index (χ2v) is 6.01. The Hall–Kier alpha value is -1.53. The smallest absolute Gasteiger partial charge is 0.235 e. The Kier molecular flexibility index (Phi) is 3.43. The first kappa shape index (κ1) is 13.5. The average Bonchev–Trinajstić information content (AvgIpc) is 2.65. The molecule has 0 bridgehead atoms. The number of nitrogens with one attached hydrogen (secondary N) is 1. The number of rotatable bonds is 1. The molecule has 2 aromatic rings. The molecule has 104 valence electrons. The zero-order valence-electron chi connectivity index (χ0n) is 10.6. The molecule has 0 spiro atoms. The highest BCUT2D eigenvalue weighted by Gasteiger charge is 2.28. The van der Waals surface area contributed by atoms with Gasteiger partial charge in [-0.15, -0.1) is 11.8 Å². The van der Waals surface area contributed by atoms with E-state index in [1.54, 1.807) is 30.1 Å². The Morgan fingerprint density at radius 3 is 3.05 bits per heavy atom. The summed E-state index contributed by atoms with van der Waals surface area (Å²) in [6.45, 7) is 0. The number of amides is 1. The van der Waals surface area contributed by atoms with E-state index in [1.165, 1.54) is 17.8 Å². The highest BCUT2D eigenvalue weighted by atomic mass is 35.5. The number of carbonyl (C=O) groups excluding carboxylic acids is 1. The maximum atomic E-state index is 14.1. The van der Waals surface area contributed by atoms with Crippen LogP contribution in [0.25, 0.3) is 0 Å². The summed E-state index contributed by atoms with van der Waals surface area (Å²) in [4.78, 5) is 11.7. The van der Waals surface area contributed by atoms with Crippen LogP contribution in [0.2, 0.25) is 5.02 Å². The second-order valence-electron chi connectivity index (χ2n) is 4.48.